The highest BCUT2D eigenvalue weighted by Crippen LogP contribution is 2.20. The summed E-state index contributed by atoms with van der Waals surface area (Å²) in [5.41, 5.74) is 13.9. The topological polar surface area (TPSA) is 0 Å². The molecule has 0 aliphatic rings. The molecular weight excluding hydrogens is 388 g/mol. The molecule has 0 nitrogen and oxygen atoms in total. The highest BCUT2D eigenvalue weighted by Gasteiger charge is 2.14. The van der Waals surface area contributed by atoms with Gasteiger partial charge in [-0.2, -0.15) is 0 Å². The normalized spacial score (nSPS) is 10.4. The van der Waals surface area contributed by atoms with Crippen molar-refractivity contribution in [2.24, 2.45) is 0 Å². The Kier molecular flexibility index (Phi) is 6.18. The number of rotatable bonds is 2. The molecule has 0 aliphatic carbocycles. The van der Waals surface area contributed by atoms with Gasteiger partial charge in [0.2, 0.25) is 8.07 Å². The van der Waals surface area contributed by atoms with Gasteiger partial charge in [-0.1, -0.05) is 96.8 Å². The van der Waals surface area contributed by atoms with Gasteiger partial charge in [0.05, 0.1) is 0 Å². The second kappa shape index (κ2) is 9.35. The molecule has 4 rings (SSSR count). The number of hydrogen-bond acceptors (Lipinski definition) is 0. The zero-order valence-corrected chi connectivity index (χ0v) is 18.9. The minimum Gasteiger partial charge on any atom is -0.111 e. The Morgan fingerprint density at radius 2 is 0.742 bits per heavy atom. The Labute approximate surface area is 186 Å². The Morgan fingerprint density at radius 3 is 1.10 bits per heavy atom. The van der Waals surface area contributed by atoms with Gasteiger partial charge in [0.25, 0.3) is 0 Å². The van der Waals surface area contributed by atoms with Gasteiger partial charge in [-0.05, 0) is 59.6 Å². The molecule has 0 saturated heterocycles. The molecule has 0 aromatic heterocycles. The van der Waals surface area contributed by atoms with E-state index in [2.05, 4.69) is 133 Å². The Hall–Kier alpha value is -3.78. The first-order valence-electron chi connectivity index (χ1n) is 10.5. The van der Waals surface area contributed by atoms with Crippen LogP contribution in [0.4, 0.5) is 0 Å². The van der Waals surface area contributed by atoms with Crippen LogP contribution in [0.2, 0.25) is 13.1 Å². The fourth-order valence-corrected chi connectivity index (χ4v) is 4.22. The Balaban J connectivity index is 1.46. The first-order chi connectivity index (χ1) is 15.1. The molecule has 148 valence electrons. The highest BCUT2D eigenvalue weighted by atomic mass is 28.3. The van der Waals surface area contributed by atoms with Crippen LogP contribution in [0.5, 0.6) is 0 Å². The molecule has 0 saturated carbocycles. The van der Waals surface area contributed by atoms with E-state index in [0.717, 1.165) is 11.1 Å². The molecule has 4 aromatic rings. The van der Waals surface area contributed by atoms with Gasteiger partial charge in [-0.25, -0.2) is 0 Å². The molecule has 0 radical (unpaired) electrons. The third-order valence-corrected chi connectivity index (χ3v) is 6.52. The van der Waals surface area contributed by atoms with Gasteiger partial charge in [0.1, 0.15) is 0 Å². The first-order valence-corrected chi connectivity index (χ1v) is 13.5. The van der Waals surface area contributed by atoms with Gasteiger partial charge in [0.15, 0.2) is 0 Å². The molecule has 0 bridgehead atoms. The zero-order chi connectivity index (χ0) is 21.5. The molecule has 0 amide bonds. The second-order valence-electron chi connectivity index (χ2n) is 8.01. The summed E-state index contributed by atoms with van der Waals surface area (Å²) >= 11 is 0. The Morgan fingerprint density at radius 1 is 0.419 bits per heavy atom. The fraction of sp³-hybridized carbons (Fsp3) is 0.0667. The summed E-state index contributed by atoms with van der Waals surface area (Å²) < 4.78 is 0. The minimum absolute atomic E-state index is 1.04. The highest BCUT2D eigenvalue weighted by molar-refractivity contribution is 6.92. The summed E-state index contributed by atoms with van der Waals surface area (Å²) in [4.78, 5) is 0. The van der Waals surface area contributed by atoms with Gasteiger partial charge in [0, 0.05) is 11.1 Å². The van der Waals surface area contributed by atoms with E-state index in [4.69, 9.17) is 0 Å². The maximum Gasteiger partial charge on any atom is 0.211 e. The second-order valence-corrected chi connectivity index (χ2v) is 11.8. The molecule has 1 heteroatoms. The first kappa shape index (κ1) is 20.5. The van der Waals surface area contributed by atoms with Crippen molar-refractivity contribution in [2.45, 2.75) is 13.1 Å². The van der Waals surface area contributed by atoms with Crippen molar-refractivity contribution in [3.63, 3.8) is 0 Å². The third-order valence-electron chi connectivity index (χ3n) is 5.02. The average molecular weight is 413 g/mol. The van der Waals surface area contributed by atoms with Crippen molar-refractivity contribution >= 4 is 8.07 Å². The van der Waals surface area contributed by atoms with Crippen LogP contribution in [0.1, 0.15) is 11.1 Å². The van der Waals surface area contributed by atoms with E-state index in [1.165, 1.54) is 22.3 Å². The van der Waals surface area contributed by atoms with Crippen LogP contribution in [0.25, 0.3) is 22.3 Å². The molecule has 0 heterocycles. The van der Waals surface area contributed by atoms with Gasteiger partial charge in [-0.3, -0.25) is 0 Å². The standard InChI is InChI=1S/C30H24Si/c1-31(2,23-21-25-13-17-29(18-14-25)27-9-5-3-6-10-27)24-22-26-15-19-30(20-16-26)28-11-7-4-8-12-28/h3-20H,1-2H3. The summed E-state index contributed by atoms with van der Waals surface area (Å²) in [6, 6.07) is 37.7. The van der Waals surface area contributed by atoms with E-state index in [1.54, 1.807) is 0 Å². The predicted molar refractivity (Wildman–Crippen MR) is 135 cm³/mol. The summed E-state index contributed by atoms with van der Waals surface area (Å²) in [7, 11) is -1.95. The quantitative estimate of drug-likeness (QED) is 0.241. The molecular formula is C30H24Si. The van der Waals surface area contributed by atoms with Crippen LogP contribution in [0, 0.1) is 22.9 Å². The van der Waals surface area contributed by atoms with Crippen molar-refractivity contribution in [2.75, 3.05) is 0 Å². The zero-order valence-electron chi connectivity index (χ0n) is 17.9. The van der Waals surface area contributed by atoms with E-state index >= 15 is 0 Å². The summed E-state index contributed by atoms with van der Waals surface area (Å²) in [5.74, 6) is 6.68. The SMILES string of the molecule is C[Si](C)(C#Cc1ccc(-c2ccccc2)cc1)C#Cc1ccc(-c2ccccc2)cc1. The predicted octanol–water partition coefficient (Wildman–Crippen LogP) is 7.21. The minimum atomic E-state index is -1.95. The summed E-state index contributed by atoms with van der Waals surface area (Å²) in [6.45, 7) is 4.40. The van der Waals surface area contributed by atoms with Crippen molar-refractivity contribution in [3.8, 4) is 45.2 Å². The van der Waals surface area contributed by atoms with Crippen LogP contribution < -0.4 is 0 Å². The largest absolute Gasteiger partial charge is 0.211 e. The van der Waals surface area contributed by atoms with Gasteiger partial charge in [-0.15, -0.1) is 11.1 Å². The van der Waals surface area contributed by atoms with Crippen LogP contribution >= 0.6 is 0 Å². The van der Waals surface area contributed by atoms with E-state index < -0.39 is 8.07 Å². The van der Waals surface area contributed by atoms with Gasteiger partial charge >= 0.3 is 0 Å². The third kappa shape index (κ3) is 5.64. The summed E-state index contributed by atoms with van der Waals surface area (Å²) in [5, 5.41) is 0. The lowest BCUT2D eigenvalue weighted by Crippen LogP contribution is -2.21. The number of benzene rings is 4. The van der Waals surface area contributed by atoms with Crippen LogP contribution in [-0.4, -0.2) is 8.07 Å². The van der Waals surface area contributed by atoms with Crippen LogP contribution in [-0.2, 0) is 0 Å². The van der Waals surface area contributed by atoms with Crippen LogP contribution in [0.3, 0.4) is 0 Å². The van der Waals surface area contributed by atoms with E-state index in [0.29, 0.717) is 0 Å². The monoisotopic (exact) mass is 412 g/mol. The van der Waals surface area contributed by atoms with E-state index in [1.807, 2.05) is 12.1 Å². The smallest absolute Gasteiger partial charge is 0.111 e. The molecule has 0 N–H and O–H groups in total. The van der Waals surface area contributed by atoms with Gasteiger partial charge < -0.3 is 0 Å². The van der Waals surface area contributed by atoms with Crippen LogP contribution in [0.15, 0.2) is 109 Å². The van der Waals surface area contributed by atoms with Crippen molar-refractivity contribution < 1.29 is 0 Å². The average Bonchev–Trinajstić information content (AvgIpc) is 2.83. The molecule has 0 aliphatic heterocycles. The van der Waals surface area contributed by atoms with Crippen molar-refractivity contribution in [1.29, 1.82) is 0 Å². The lowest BCUT2D eigenvalue weighted by atomic mass is 10.0. The molecule has 4 aromatic carbocycles. The lowest BCUT2D eigenvalue weighted by Gasteiger charge is -2.05. The molecule has 0 spiro atoms. The summed E-state index contributed by atoms with van der Waals surface area (Å²) in [6.07, 6.45) is 0. The molecule has 0 fully saturated rings. The maximum atomic E-state index is 3.46. The fourth-order valence-electron chi connectivity index (χ4n) is 3.24. The van der Waals surface area contributed by atoms with Crippen molar-refractivity contribution in [1.82, 2.24) is 0 Å². The van der Waals surface area contributed by atoms with Crippen molar-refractivity contribution in [3.05, 3.63) is 120 Å². The van der Waals surface area contributed by atoms with E-state index in [-0.39, 0.29) is 0 Å². The lowest BCUT2D eigenvalue weighted by molar-refractivity contribution is 1.59. The maximum absolute atomic E-state index is 3.46. The molecule has 0 unspecified atom stereocenters. The Bertz CT molecular complexity index is 1160. The number of hydrogen-bond donors (Lipinski definition) is 0. The van der Waals surface area contributed by atoms with E-state index in [9.17, 15) is 0 Å². The molecule has 31 heavy (non-hydrogen) atoms. The molecule has 0 atom stereocenters.